The molecular formula is C17H32O5. The second kappa shape index (κ2) is 16.5. The molecule has 0 atom stereocenters. The molecule has 22 heavy (non-hydrogen) atoms. The molecule has 0 aliphatic carbocycles. The minimum absolute atomic E-state index is 0.00934. The molecule has 130 valence electrons. The van der Waals surface area contributed by atoms with E-state index >= 15 is 0 Å². The highest BCUT2D eigenvalue weighted by Gasteiger charge is 2.01. The summed E-state index contributed by atoms with van der Waals surface area (Å²) in [5.74, 6) is -0.415. The molecule has 0 saturated carbocycles. The highest BCUT2D eigenvalue weighted by molar-refractivity contribution is 5.86. The fourth-order valence-corrected chi connectivity index (χ4v) is 1.54. The molecule has 0 aromatic carbocycles. The Balaban J connectivity index is 3.05. The summed E-state index contributed by atoms with van der Waals surface area (Å²) in [6.07, 6.45) is 6.26. The first-order chi connectivity index (χ1) is 10.7. The van der Waals surface area contributed by atoms with Crippen LogP contribution in [0, 0.1) is 0 Å². The van der Waals surface area contributed by atoms with Crippen molar-refractivity contribution in [3.63, 3.8) is 0 Å². The Morgan fingerprint density at radius 2 is 1.27 bits per heavy atom. The predicted molar refractivity (Wildman–Crippen MR) is 86.7 cm³/mol. The number of unbranched alkanes of at least 4 members (excludes halogenated alkanes) is 3. The van der Waals surface area contributed by atoms with E-state index in [1.54, 1.807) is 6.92 Å². The molecule has 0 fully saturated rings. The van der Waals surface area contributed by atoms with Crippen molar-refractivity contribution in [2.45, 2.75) is 52.4 Å². The zero-order valence-electron chi connectivity index (χ0n) is 14.2. The van der Waals surface area contributed by atoms with E-state index < -0.39 is 5.97 Å². The first-order valence-electron chi connectivity index (χ1n) is 8.24. The average molecular weight is 316 g/mol. The SMILES string of the molecule is C=C(C)C(=O)OCOCCCCOCCCCOCCCC. The molecule has 0 bridgehead atoms. The topological polar surface area (TPSA) is 54.0 Å². The third kappa shape index (κ3) is 15.5. The van der Waals surface area contributed by atoms with Crippen molar-refractivity contribution in [3.05, 3.63) is 12.2 Å². The summed E-state index contributed by atoms with van der Waals surface area (Å²) >= 11 is 0. The average Bonchev–Trinajstić information content (AvgIpc) is 2.50. The lowest BCUT2D eigenvalue weighted by Gasteiger charge is -2.07. The molecule has 0 aromatic rings. The van der Waals surface area contributed by atoms with Crippen molar-refractivity contribution >= 4 is 5.97 Å². The van der Waals surface area contributed by atoms with E-state index in [0.717, 1.165) is 58.5 Å². The third-order valence-electron chi connectivity index (χ3n) is 2.92. The van der Waals surface area contributed by atoms with E-state index in [9.17, 15) is 4.79 Å². The molecule has 0 spiro atoms. The number of hydrogen-bond donors (Lipinski definition) is 0. The van der Waals surface area contributed by atoms with Crippen molar-refractivity contribution < 1.29 is 23.7 Å². The number of rotatable bonds is 16. The van der Waals surface area contributed by atoms with Crippen LogP contribution in [0.4, 0.5) is 0 Å². The number of esters is 1. The quantitative estimate of drug-likeness (QED) is 0.189. The van der Waals surface area contributed by atoms with Gasteiger partial charge in [-0.05, 0) is 39.0 Å². The Morgan fingerprint density at radius 1 is 0.818 bits per heavy atom. The van der Waals surface area contributed by atoms with Gasteiger partial charge in [-0.3, -0.25) is 0 Å². The van der Waals surface area contributed by atoms with Crippen molar-refractivity contribution in [2.75, 3.05) is 39.8 Å². The fraction of sp³-hybridized carbons (Fsp3) is 0.824. The molecule has 0 aliphatic rings. The normalized spacial score (nSPS) is 10.6. The van der Waals surface area contributed by atoms with E-state index in [1.165, 1.54) is 6.42 Å². The Labute approximate surface area is 135 Å². The molecule has 0 amide bonds. The highest BCUT2D eigenvalue weighted by atomic mass is 16.7. The largest absolute Gasteiger partial charge is 0.435 e. The second-order valence-corrected chi connectivity index (χ2v) is 5.23. The van der Waals surface area contributed by atoms with Crippen LogP contribution in [0.3, 0.4) is 0 Å². The Hall–Kier alpha value is -0.910. The molecule has 5 nitrogen and oxygen atoms in total. The van der Waals surface area contributed by atoms with Gasteiger partial charge in [-0.2, -0.15) is 0 Å². The zero-order chi connectivity index (χ0) is 16.5. The Kier molecular flexibility index (Phi) is 15.8. The van der Waals surface area contributed by atoms with Gasteiger partial charge in [-0.15, -0.1) is 0 Å². The first kappa shape index (κ1) is 21.1. The van der Waals surface area contributed by atoms with Gasteiger partial charge in [0.1, 0.15) is 0 Å². The second-order valence-electron chi connectivity index (χ2n) is 5.23. The molecule has 0 N–H and O–H groups in total. The number of hydrogen-bond acceptors (Lipinski definition) is 5. The summed E-state index contributed by atoms with van der Waals surface area (Å²) in [4.78, 5) is 11.0. The van der Waals surface area contributed by atoms with Crippen molar-refractivity contribution in [1.82, 2.24) is 0 Å². The van der Waals surface area contributed by atoms with Gasteiger partial charge in [0.25, 0.3) is 0 Å². The maximum atomic E-state index is 11.0. The predicted octanol–water partition coefficient (Wildman–Crippen LogP) is 3.47. The van der Waals surface area contributed by atoms with Crippen LogP contribution in [-0.4, -0.2) is 45.8 Å². The maximum Gasteiger partial charge on any atom is 0.335 e. The standard InChI is InChI=1S/C17H32O5/c1-4-5-10-19-11-6-7-12-20-13-8-9-14-21-15-22-17(18)16(2)3/h2,4-15H2,1,3H3. The van der Waals surface area contributed by atoms with E-state index in [4.69, 9.17) is 18.9 Å². The fourth-order valence-electron chi connectivity index (χ4n) is 1.54. The van der Waals surface area contributed by atoms with Gasteiger partial charge in [0, 0.05) is 32.0 Å². The van der Waals surface area contributed by atoms with Crippen LogP contribution in [0.5, 0.6) is 0 Å². The molecule has 0 unspecified atom stereocenters. The molecule has 0 aliphatic heterocycles. The van der Waals surface area contributed by atoms with Gasteiger partial charge in [-0.1, -0.05) is 19.9 Å². The van der Waals surface area contributed by atoms with Crippen LogP contribution in [0.25, 0.3) is 0 Å². The molecule has 0 saturated heterocycles. The number of carbonyl (C=O) groups is 1. The molecular weight excluding hydrogens is 284 g/mol. The smallest absolute Gasteiger partial charge is 0.335 e. The molecule has 0 heterocycles. The van der Waals surface area contributed by atoms with Crippen molar-refractivity contribution in [1.29, 1.82) is 0 Å². The molecule has 0 rings (SSSR count). The molecule has 0 aromatic heterocycles. The third-order valence-corrected chi connectivity index (χ3v) is 2.92. The summed E-state index contributed by atoms with van der Waals surface area (Å²) in [5.41, 5.74) is 0.382. The van der Waals surface area contributed by atoms with Crippen molar-refractivity contribution in [3.8, 4) is 0 Å². The summed E-state index contributed by atoms with van der Waals surface area (Å²) < 4.78 is 21.0. The van der Waals surface area contributed by atoms with Crippen molar-refractivity contribution in [2.24, 2.45) is 0 Å². The number of ether oxygens (including phenoxy) is 4. The summed E-state index contributed by atoms with van der Waals surface area (Å²) in [5, 5.41) is 0. The van der Waals surface area contributed by atoms with Crippen LogP contribution in [-0.2, 0) is 23.7 Å². The van der Waals surface area contributed by atoms with Gasteiger partial charge in [-0.25, -0.2) is 4.79 Å². The van der Waals surface area contributed by atoms with Gasteiger partial charge in [0.15, 0.2) is 6.79 Å². The van der Waals surface area contributed by atoms with Gasteiger partial charge >= 0.3 is 5.97 Å². The summed E-state index contributed by atoms with van der Waals surface area (Å²) in [7, 11) is 0. The van der Waals surface area contributed by atoms with E-state index in [-0.39, 0.29) is 6.79 Å². The summed E-state index contributed by atoms with van der Waals surface area (Å²) in [6.45, 7) is 11.1. The van der Waals surface area contributed by atoms with Crippen LogP contribution in [0.1, 0.15) is 52.4 Å². The van der Waals surface area contributed by atoms with Crippen LogP contribution in [0.2, 0.25) is 0 Å². The van der Waals surface area contributed by atoms with Gasteiger partial charge in [0.2, 0.25) is 0 Å². The van der Waals surface area contributed by atoms with E-state index in [0.29, 0.717) is 12.2 Å². The lowest BCUT2D eigenvalue weighted by molar-refractivity contribution is -0.151. The summed E-state index contributed by atoms with van der Waals surface area (Å²) in [6, 6.07) is 0. The lowest BCUT2D eigenvalue weighted by atomic mass is 10.3. The first-order valence-corrected chi connectivity index (χ1v) is 8.24. The Morgan fingerprint density at radius 3 is 1.73 bits per heavy atom. The Bertz CT molecular complexity index is 278. The lowest BCUT2D eigenvalue weighted by Crippen LogP contribution is -2.09. The number of carbonyl (C=O) groups excluding carboxylic acids is 1. The maximum absolute atomic E-state index is 11.0. The molecule has 0 radical (unpaired) electrons. The van der Waals surface area contributed by atoms with Crippen LogP contribution >= 0.6 is 0 Å². The molecule has 5 heteroatoms. The van der Waals surface area contributed by atoms with E-state index in [1.807, 2.05) is 0 Å². The minimum atomic E-state index is -0.415. The minimum Gasteiger partial charge on any atom is -0.435 e. The van der Waals surface area contributed by atoms with Crippen LogP contribution < -0.4 is 0 Å². The van der Waals surface area contributed by atoms with E-state index in [2.05, 4.69) is 13.5 Å². The van der Waals surface area contributed by atoms with Crippen LogP contribution in [0.15, 0.2) is 12.2 Å². The van der Waals surface area contributed by atoms with Gasteiger partial charge < -0.3 is 18.9 Å². The monoisotopic (exact) mass is 316 g/mol. The zero-order valence-corrected chi connectivity index (χ0v) is 14.2. The highest BCUT2D eigenvalue weighted by Crippen LogP contribution is 1.97. The van der Waals surface area contributed by atoms with Gasteiger partial charge in [0.05, 0.1) is 6.61 Å².